The number of aromatic nitrogens is 3. The molecule has 152 valence electrons. The number of hydrogen-bond donors (Lipinski definition) is 0. The van der Waals surface area contributed by atoms with Gasteiger partial charge in [0.15, 0.2) is 9.84 Å². The van der Waals surface area contributed by atoms with Crippen molar-refractivity contribution >= 4 is 15.5 Å². The maximum absolute atomic E-state index is 12.3. The first-order chi connectivity index (χ1) is 13.8. The summed E-state index contributed by atoms with van der Waals surface area (Å²) in [6.45, 7) is 1.66. The molecule has 1 aliphatic rings. The van der Waals surface area contributed by atoms with E-state index in [1.54, 1.807) is 25.5 Å². The first kappa shape index (κ1) is 19.4. The molecular weight excluding hydrogens is 388 g/mol. The summed E-state index contributed by atoms with van der Waals surface area (Å²) in [5, 5.41) is 4.07. The predicted molar refractivity (Wildman–Crippen MR) is 114 cm³/mol. The van der Waals surface area contributed by atoms with Crippen molar-refractivity contribution in [1.82, 2.24) is 14.3 Å². The molecule has 0 saturated carbocycles. The third kappa shape index (κ3) is 4.12. The number of sulfone groups is 1. The molecule has 3 aromatic rings. The lowest BCUT2D eigenvalue weighted by molar-refractivity contribution is 0.589. The van der Waals surface area contributed by atoms with Gasteiger partial charge in [-0.2, -0.15) is 5.10 Å². The molecule has 4 rings (SSSR count). The minimum Gasteiger partial charge on any atom is -0.369 e. The molecular formula is C21H24N4O3S. The van der Waals surface area contributed by atoms with E-state index in [4.69, 9.17) is 0 Å². The van der Waals surface area contributed by atoms with E-state index in [1.807, 2.05) is 34.0 Å². The molecule has 2 aromatic heterocycles. The molecule has 1 fully saturated rings. The van der Waals surface area contributed by atoms with Gasteiger partial charge in [0.05, 0.1) is 23.7 Å². The number of hydrogen-bond acceptors (Lipinski definition) is 5. The lowest BCUT2D eigenvalue weighted by Crippen LogP contribution is -2.28. The Morgan fingerprint density at radius 3 is 2.62 bits per heavy atom. The van der Waals surface area contributed by atoms with Crippen LogP contribution in [0.15, 0.2) is 59.8 Å². The highest BCUT2D eigenvalue weighted by molar-refractivity contribution is 7.91. The summed E-state index contributed by atoms with van der Waals surface area (Å²) in [7, 11) is -1.40. The van der Waals surface area contributed by atoms with Crippen molar-refractivity contribution in [2.75, 3.05) is 24.2 Å². The van der Waals surface area contributed by atoms with E-state index in [9.17, 15) is 13.2 Å². The average molecular weight is 413 g/mol. The van der Waals surface area contributed by atoms with Crippen molar-refractivity contribution in [2.24, 2.45) is 7.05 Å². The van der Waals surface area contributed by atoms with Crippen LogP contribution in [-0.4, -0.2) is 47.4 Å². The fourth-order valence-electron chi connectivity index (χ4n) is 3.76. The van der Waals surface area contributed by atoms with Gasteiger partial charge >= 0.3 is 0 Å². The van der Waals surface area contributed by atoms with E-state index in [0.29, 0.717) is 26.1 Å². The molecule has 0 bridgehead atoms. The van der Waals surface area contributed by atoms with Gasteiger partial charge in [-0.1, -0.05) is 30.3 Å². The van der Waals surface area contributed by atoms with Gasteiger partial charge in [0.25, 0.3) is 5.56 Å². The Kier molecular flexibility index (Phi) is 5.04. The van der Waals surface area contributed by atoms with Crippen LogP contribution in [0.5, 0.6) is 0 Å². The van der Waals surface area contributed by atoms with Crippen LogP contribution in [0.1, 0.15) is 12.0 Å². The van der Waals surface area contributed by atoms with Gasteiger partial charge in [0, 0.05) is 56.0 Å². The van der Waals surface area contributed by atoms with Crippen molar-refractivity contribution in [1.29, 1.82) is 0 Å². The predicted octanol–water partition coefficient (Wildman–Crippen LogP) is 1.92. The van der Waals surface area contributed by atoms with E-state index in [2.05, 4.69) is 17.2 Å². The van der Waals surface area contributed by atoms with Crippen molar-refractivity contribution < 1.29 is 8.42 Å². The molecule has 1 unspecified atom stereocenters. The van der Waals surface area contributed by atoms with Gasteiger partial charge in [0.2, 0.25) is 0 Å². The normalized spacial score (nSPS) is 17.0. The average Bonchev–Trinajstić information content (AvgIpc) is 3.34. The molecule has 0 N–H and O–H groups in total. The highest BCUT2D eigenvalue weighted by Gasteiger charge is 2.31. The Hall–Kier alpha value is -2.87. The van der Waals surface area contributed by atoms with E-state index in [0.717, 1.165) is 22.4 Å². The summed E-state index contributed by atoms with van der Waals surface area (Å²) < 4.78 is 27.3. The van der Waals surface area contributed by atoms with Gasteiger partial charge < -0.3 is 9.47 Å². The second kappa shape index (κ2) is 7.51. The Labute approximate surface area is 170 Å². The van der Waals surface area contributed by atoms with Crippen LogP contribution in [0.3, 0.4) is 0 Å². The summed E-state index contributed by atoms with van der Waals surface area (Å²) in [6.07, 6.45) is 7.40. The fraction of sp³-hybridized carbons (Fsp3) is 0.333. The molecule has 29 heavy (non-hydrogen) atoms. The molecule has 3 heterocycles. The first-order valence-corrected chi connectivity index (χ1v) is 11.5. The van der Waals surface area contributed by atoms with Crippen LogP contribution < -0.4 is 10.5 Å². The second-order valence-corrected chi connectivity index (χ2v) is 9.95. The number of anilines is 1. The molecule has 1 atom stereocenters. The van der Waals surface area contributed by atoms with E-state index in [-0.39, 0.29) is 5.56 Å². The number of aryl methyl sites for hydroxylation is 1. The molecule has 7 nitrogen and oxygen atoms in total. The SMILES string of the molecule is Cn1cc(-c2cnn(Cc3ccccc3)c2)c(N2CCC(S(C)(=O)=O)C2)cc1=O. The topological polar surface area (TPSA) is 77.2 Å². The second-order valence-electron chi connectivity index (χ2n) is 7.62. The molecule has 8 heteroatoms. The summed E-state index contributed by atoms with van der Waals surface area (Å²) in [5.74, 6) is 0. The molecule has 1 saturated heterocycles. The zero-order valence-corrected chi connectivity index (χ0v) is 17.3. The number of nitrogens with zero attached hydrogens (tertiary/aromatic N) is 4. The van der Waals surface area contributed by atoms with Crippen molar-refractivity contribution in [3.8, 4) is 11.1 Å². The van der Waals surface area contributed by atoms with Gasteiger partial charge in [0.1, 0.15) is 0 Å². The third-order valence-electron chi connectivity index (χ3n) is 5.43. The van der Waals surface area contributed by atoms with Crippen LogP contribution in [-0.2, 0) is 23.4 Å². The quantitative estimate of drug-likeness (QED) is 0.640. The maximum Gasteiger partial charge on any atom is 0.252 e. The van der Waals surface area contributed by atoms with E-state index >= 15 is 0 Å². The van der Waals surface area contributed by atoms with Gasteiger partial charge in [-0.15, -0.1) is 0 Å². The minimum atomic E-state index is -3.11. The molecule has 1 aromatic carbocycles. The van der Waals surface area contributed by atoms with Crippen LogP contribution in [0.25, 0.3) is 11.1 Å². The maximum atomic E-state index is 12.3. The van der Waals surface area contributed by atoms with Gasteiger partial charge in [-0.3, -0.25) is 9.48 Å². The van der Waals surface area contributed by atoms with E-state index < -0.39 is 15.1 Å². The molecule has 0 radical (unpaired) electrons. The smallest absolute Gasteiger partial charge is 0.252 e. The zero-order chi connectivity index (χ0) is 20.6. The zero-order valence-electron chi connectivity index (χ0n) is 16.5. The summed E-state index contributed by atoms with van der Waals surface area (Å²) in [4.78, 5) is 14.3. The number of pyridine rings is 1. The lowest BCUT2D eigenvalue weighted by Gasteiger charge is -2.22. The van der Waals surface area contributed by atoms with Crippen LogP contribution in [0.2, 0.25) is 0 Å². The van der Waals surface area contributed by atoms with E-state index in [1.165, 1.54) is 10.8 Å². The Bertz CT molecular complexity index is 1180. The van der Waals surface area contributed by atoms with Crippen molar-refractivity contribution in [2.45, 2.75) is 18.2 Å². The molecule has 0 amide bonds. The first-order valence-electron chi connectivity index (χ1n) is 9.52. The highest BCUT2D eigenvalue weighted by atomic mass is 32.2. The standard InChI is InChI=1S/C21H24N4O3S/c1-23-15-19(17-11-22-25(13-17)12-16-6-4-3-5-7-16)20(10-21(23)26)24-9-8-18(14-24)29(2,27)28/h3-7,10-11,13,15,18H,8-9,12,14H2,1-2H3. The van der Waals surface area contributed by atoms with Crippen molar-refractivity contribution in [3.63, 3.8) is 0 Å². The van der Waals surface area contributed by atoms with Gasteiger partial charge in [-0.05, 0) is 12.0 Å². The number of benzene rings is 1. The molecule has 0 aliphatic carbocycles. The van der Waals surface area contributed by atoms with Crippen molar-refractivity contribution in [3.05, 3.63) is 70.9 Å². The number of rotatable bonds is 5. The van der Waals surface area contributed by atoms with Crippen LogP contribution in [0, 0.1) is 0 Å². The van der Waals surface area contributed by atoms with Crippen LogP contribution in [0.4, 0.5) is 5.69 Å². The lowest BCUT2D eigenvalue weighted by atomic mass is 10.1. The summed E-state index contributed by atoms with van der Waals surface area (Å²) in [5.41, 5.74) is 3.56. The monoisotopic (exact) mass is 412 g/mol. The summed E-state index contributed by atoms with van der Waals surface area (Å²) >= 11 is 0. The third-order valence-corrected chi connectivity index (χ3v) is 7.03. The molecule has 1 aliphatic heterocycles. The van der Waals surface area contributed by atoms with Gasteiger partial charge in [-0.25, -0.2) is 8.42 Å². The minimum absolute atomic E-state index is 0.122. The highest BCUT2D eigenvalue weighted by Crippen LogP contribution is 2.32. The largest absolute Gasteiger partial charge is 0.369 e. The van der Waals surface area contributed by atoms with Crippen LogP contribution >= 0.6 is 0 Å². The Morgan fingerprint density at radius 2 is 1.93 bits per heavy atom. The fourth-order valence-corrected chi connectivity index (χ4v) is 4.74. The molecule has 0 spiro atoms. The Morgan fingerprint density at radius 1 is 1.17 bits per heavy atom. The Balaban J connectivity index is 1.68. The summed E-state index contributed by atoms with van der Waals surface area (Å²) in [6, 6.07) is 11.7.